The van der Waals surface area contributed by atoms with E-state index in [0.29, 0.717) is 29.7 Å². The Morgan fingerprint density at radius 2 is 1.83 bits per heavy atom. The van der Waals surface area contributed by atoms with Crippen LogP contribution in [0.4, 0.5) is 5.13 Å². The summed E-state index contributed by atoms with van der Waals surface area (Å²) in [4.78, 5) is 16.4. The molecule has 0 radical (unpaired) electrons. The minimum atomic E-state index is -0.212. The highest BCUT2D eigenvalue weighted by atomic mass is 32.1. The van der Waals surface area contributed by atoms with Crippen molar-refractivity contribution >= 4 is 32.6 Å². The van der Waals surface area contributed by atoms with Crippen molar-refractivity contribution in [1.82, 2.24) is 10.4 Å². The first-order valence-corrected chi connectivity index (χ1v) is 7.93. The van der Waals surface area contributed by atoms with Crippen LogP contribution in [0.3, 0.4) is 0 Å². The molecule has 1 aliphatic rings. The summed E-state index contributed by atoms with van der Waals surface area (Å²) in [5, 5.41) is 0.603. The van der Waals surface area contributed by atoms with Crippen LogP contribution in [0.2, 0.25) is 0 Å². The smallest absolute Gasteiger partial charge is 0.269 e. The molecule has 0 spiro atoms. The molecule has 2 aromatic carbocycles. The Morgan fingerprint density at radius 1 is 1.09 bits per heavy atom. The van der Waals surface area contributed by atoms with E-state index in [1.165, 1.54) is 11.3 Å². The van der Waals surface area contributed by atoms with Crippen LogP contribution in [-0.2, 0) is 0 Å². The number of amides is 1. The number of benzene rings is 2. The SMILES string of the molecule is O=C(NNc1nc2cc3c(cc2s1)OCCO3)c1ccccc1. The molecule has 23 heavy (non-hydrogen) atoms. The second kappa shape index (κ2) is 5.77. The Kier molecular flexibility index (Phi) is 3.47. The van der Waals surface area contributed by atoms with E-state index in [1.54, 1.807) is 12.1 Å². The van der Waals surface area contributed by atoms with Gasteiger partial charge in [0.25, 0.3) is 5.91 Å². The van der Waals surface area contributed by atoms with E-state index in [2.05, 4.69) is 15.8 Å². The second-order valence-corrected chi connectivity index (χ2v) is 5.96. The molecular formula is C16H13N3O3S. The zero-order chi connectivity index (χ0) is 15.6. The normalized spacial score (nSPS) is 12.9. The van der Waals surface area contributed by atoms with Gasteiger partial charge in [0.05, 0.1) is 10.2 Å². The molecule has 3 aromatic rings. The van der Waals surface area contributed by atoms with Gasteiger partial charge in [-0.1, -0.05) is 29.5 Å². The number of carbonyl (C=O) groups excluding carboxylic acids is 1. The second-order valence-electron chi connectivity index (χ2n) is 4.93. The molecule has 4 rings (SSSR count). The Morgan fingerprint density at radius 3 is 2.61 bits per heavy atom. The summed E-state index contributed by atoms with van der Waals surface area (Å²) in [5.41, 5.74) is 6.87. The number of hydrogen-bond donors (Lipinski definition) is 2. The topological polar surface area (TPSA) is 72.5 Å². The fourth-order valence-electron chi connectivity index (χ4n) is 2.29. The van der Waals surface area contributed by atoms with Gasteiger partial charge in [-0.05, 0) is 12.1 Å². The summed E-state index contributed by atoms with van der Waals surface area (Å²) in [6.45, 7) is 1.09. The van der Waals surface area contributed by atoms with E-state index in [0.717, 1.165) is 16.0 Å². The zero-order valence-corrected chi connectivity index (χ0v) is 12.9. The lowest BCUT2D eigenvalue weighted by molar-refractivity contribution is 0.0962. The lowest BCUT2D eigenvalue weighted by atomic mass is 10.2. The number of ether oxygens (including phenoxy) is 2. The maximum atomic E-state index is 12.0. The minimum absolute atomic E-state index is 0.212. The van der Waals surface area contributed by atoms with Crippen molar-refractivity contribution < 1.29 is 14.3 Å². The Labute approximate surface area is 136 Å². The summed E-state index contributed by atoms with van der Waals surface area (Å²) in [6, 6.07) is 12.8. The van der Waals surface area contributed by atoms with Crippen molar-refractivity contribution in [2.24, 2.45) is 0 Å². The van der Waals surface area contributed by atoms with Gasteiger partial charge in [0.2, 0.25) is 5.13 Å². The molecule has 2 N–H and O–H groups in total. The van der Waals surface area contributed by atoms with Crippen LogP contribution in [-0.4, -0.2) is 24.1 Å². The molecule has 1 aromatic heterocycles. The summed E-state index contributed by atoms with van der Waals surface area (Å²) in [5.74, 6) is 1.22. The third-order valence-corrected chi connectivity index (χ3v) is 4.30. The van der Waals surface area contributed by atoms with Crippen molar-refractivity contribution in [1.29, 1.82) is 0 Å². The lowest BCUT2D eigenvalue weighted by Crippen LogP contribution is -2.29. The largest absolute Gasteiger partial charge is 0.486 e. The van der Waals surface area contributed by atoms with Crippen molar-refractivity contribution in [3.63, 3.8) is 0 Å². The highest BCUT2D eigenvalue weighted by Crippen LogP contribution is 2.37. The molecule has 6 nitrogen and oxygen atoms in total. The molecular weight excluding hydrogens is 314 g/mol. The molecule has 0 fully saturated rings. The molecule has 1 amide bonds. The number of hydrazine groups is 1. The summed E-state index contributed by atoms with van der Waals surface area (Å²) in [6.07, 6.45) is 0. The van der Waals surface area contributed by atoms with E-state index in [-0.39, 0.29) is 5.91 Å². The number of rotatable bonds is 3. The van der Waals surface area contributed by atoms with Gasteiger partial charge >= 0.3 is 0 Å². The van der Waals surface area contributed by atoms with E-state index in [9.17, 15) is 4.79 Å². The van der Waals surface area contributed by atoms with Crippen LogP contribution in [0.5, 0.6) is 11.5 Å². The molecule has 0 atom stereocenters. The number of carbonyl (C=O) groups is 1. The van der Waals surface area contributed by atoms with Crippen LogP contribution in [0, 0.1) is 0 Å². The fraction of sp³-hybridized carbons (Fsp3) is 0.125. The first-order chi connectivity index (χ1) is 11.3. The van der Waals surface area contributed by atoms with E-state index < -0.39 is 0 Å². The molecule has 2 heterocycles. The molecule has 0 bridgehead atoms. The molecule has 0 aliphatic carbocycles. The Balaban J connectivity index is 1.52. The predicted molar refractivity (Wildman–Crippen MR) is 88.1 cm³/mol. The summed E-state index contributed by atoms with van der Waals surface area (Å²) >= 11 is 1.43. The zero-order valence-electron chi connectivity index (χ0n) is 12.0. The van der Waals surface area contributed by atoms with Crippen LogP contribution >= 0.6 is 11.3 Å². The van der Waals surface area contributed by atoms with Gasteiger partial charge in [0.1, 0.15) is 13.2 Å². The van der Waals surface area contributed by atoms with Gasteiger partial charge in [-0.3, -0.25) is 15.6 Å². The molecule has 116 valence electrons. The van der Waals surface area contributed by atoms with Crippen molar-refractivity contribution in [3.8, 4) is 11.5 Å². The first kappa shape index (κ1) is 13.8. The lowest BCUT2D eigenvalue weighted by Gasteiger charge is -2.17. The highest BCUT2D eigenvalue weighted by Gasteiger charge is 2.15. The maximum absolute atomic E-state index is 12.0. The van der Waals surface area contributed by atoms with Gasteiger partial charge in [-0.2, -0.15) is 0 Å². The molecule has 0 saturated heterocycles. The van der Waals surface area contributed by atoms with E-state index in [1.807, 2.05) is 30.3 Å². The number of aromatic nitrogens is 1. The number of hydrogen-bond acceptors (Lipinski definition) is 6. The van der Waals surface area contributed by atoms with E-state index in [4.69, 9.17) is 9.47 Å². The van der Waals surface area contributed by atoms with Gasteiger partial charge in [0.15, 0.2) is 11.5 Å². The number of fused-ring (bicyclic) bond motifs is 2. The maximum Gasteiger partial charge on any atom is 0.269 e. The van der Waals surface area contributed by atoms with Gasteiger partial charge in [-0.15, -0.1) is 0 Å². The number of nitrogens with one attached hydrogen (secondary N) is 2. The average Bonchev–Trinajstić information content (AvgIpc) is 3.00. The van der Waals surface area contributed by atoms with Crippen molar-refractivity contribution in [3.05, 3.63) is 48.0 Å². The van der Waals surface area contributed by atoms with Crippen LogP contribution in [0.15, 0.2) is 42.5 Å². The van der Waals surface area contributed by atoms with Crippen molar-refractivity contribution in [2.75, 3.05) is 18.6 Å². The van der Waals surface area contributed by atoms with Crippen LogP contribution in [0.25, 0.3) is 10.2 Å². The Bertz CT molecular complexity index is 821. The third kappa shape index (κ3) is 2.78. The average molecular weight is 327 g/mol. The standard InChI is InChI=1S/C16H13N3O3S/c20-15(10-4-2-1-3-5-10)18-19-16-17-11-8-12-13(9-14(11)23-16)22-7-6-21-12/h1-5,8-9H,6-7H2,(H,17,19)(H,18,20). The Hall–Kier alpha value is -2.80. The van der Waals surface area contributed by atoms with Gasteiger partial charge in [-0.25, -0.2) is 4.98 Å². The molecule has 0 unspecified atom stereocenters. The number of nitrogens with zero attached hydrogens (tertiary/aromatic N) is 1. The van der Waals surface area contributed by atoms with Gasteiger partial charge < -0.3 is 9.47 Å². The first-order valence-electron chi connectivity index (χ1n) is 7.11. The third-order valence-electron chi connectivity index (χ3n) is 3.37. The molecule has 0 saturated carbocycles. The van der Waals surface area contributed by atoms with Crippen molar-refractivity contribution in [2.45, 2.75) is 0 Å². The predicted octanol–water partition coefficient (Wildman–Crippen LogP) is 2.82. The van der Waals surface area contributed by atoms with Gasteiger partial charge in [0, 0.05) is 17.7 Å². The number of anilines is 1. The molecule has 1 aliphatic heterocycles. The number of thiazole rings is 1. The monoisotopic (exact) mass is 327 g/mol. The fourth-order valence-corrected chi connectivity index (χ4v) is 3.12. The van der Waals surface area contributed by atoms with E-state index >= 15 is 0 Å². The van der Waals surface area contributed by atoms with Crippen LogP contribution in [0.1, 0.15) is 10.4 Å². The quantitative estimate of drug-likeness (QED) is 0.724. The van der Waals surface area contributed by atoms with Crippen LogP contribution < -0.4 is 20.3 Å². The summed E-state index contributed by atoms with van der Waals surface area (Å²) in [7, 11) is 0. The summed E-state index contributed by atoms with van der Waals surface area (Å²) < 4.78 is 12.1. The minimum Gasteiger partial charge on any atom is -0.486 e. The highest BCUT2D eigenvalue weighted by molar-refractivity contribution is 7.22. The molecule has 7 heteroatoms.